The summed E-state index contributed by atoms with van der Waals surface area (Å²) in [6, 6.07) is 0. The van der Waals surface area contributed by atoms with E-state index in [9.17, 15) is 25.5 Å². The van der Waals surface area contributed by atoms with Crippen LogP contribution in [0.1, 0.15) is 45.4 Å². The number of aliphatic hydroxyl groups is 6. The third kappa shape index (κ3) is 8.67. The number of nitrogens with one attached hydrogen (secondary N) is 1. The molecular weight excluding hydrogens is 278 g/mol. The Morgan fingerprint density at radius 2 is 1.33 bits per heavy atom. The second-order valence-electron chi connectivity index (χ2n) is 5.39. The van der Waals surface area contributed by atoms with Crippen LogP contribution in [-0.4, -0.2) is 74.4 Å². The molecule has 0 aromatic rings. The maximum absolute atomic E-state index is 9.66. The van der Waals surface area contributed by atoms with E-state index in [4.69, 9.17) is 5.11 Å². The van der Waals surface area contributed by atoms with Gasteiger partial charge in [0, 0.05) is 0 Å². The molecule has 0 saturated heterocycles. The first kappa shape index (κ1) is 20.7. The lowest BCUT2D eigenvalue weighted by Gasteiger charge is -2.28. The highest BCUT2D eigenvalue weighted by Crippen LogP contribution is 2.08. The lowest BCUT2D eigenvalue weighted by atomic mass is 10.0. The molecule has 0 aliphatic heterocycles. The summed E-state index contributed by atoms with van der Waals surface area (Å²) in [5, 5.41) is 58.8. The van der Waals surface area contributed by atoms with E-state index in [0.29, 0.717) is 6.54 Å². The van der Waals surface area contributed by atoms with Crippen LogP contribution in [0, 0.1) is 0 Å². The van der Waals surface area contributed by atoms with Crippen LogP contribution in [0.15, 0.2) is 0 Å². The van der Waals surface area contributed by atoms with Crippen molar-refractivity contribution in [1.29, 1.82) is 0 Å². The fourth-order valence-electron chi connectivity index (χ4n) is 2.00. The summed E-state index contributed by atoms with van der Waals surface area (Å²) in [5.74, 6) is 0. The summed E-state index contributed by atoms with van der Waals surface area (Å²) in [6.07, 6.45) is -1.54. The number of hydrogen-bond acceptors (Lipinski definition) is 7. The summed E-state index contributed by atoms with van der Waals surface area (Å²) in [6.45, 7) is 1.88. The largest absolute Gasteiger partial charge is 0.394 e. The van der Waals surface area contributed by atoms with Crippen molar-refractivity contribution in [2.24, 2.45) is 0 Å². The van der Waals surface area contributed by atoms with E-state index in [1.165, 1.54) is 19.3 Å². The monoisotopic (exact) mass is 309 g/mol. The number of unbranched alkanes of at least 4 members (excludes halogenated alkanes) is 5. The molecule has 0 unspecified atom stereocenters. The first-order valence-corrected chi connectivity index (χ1v) is 7.70. The summed E-state index contributed by atoms with van der Waals surface area (Å²) in [5.41, 5.74) is 0. The topological polar surface area (TPSA) is 133 Å². The minimum Gasteiger partial charge on any atom is -0.394 e. The van der Waals surface area contributed by atoms with Crippen molar-refractivity contribution in [2.45, 2.75) is 76.1 Å². The maximum Gasteiger partial charge on any atom is 0.133 e. The molecule has 0 radical (unpaired) electrons. The Bertz CT molecular complexity index is 244. The standard InChI is InChI=1S/C14H31NO6/c1-2-3-4-5-6-7-8-15-14(21)13(20)12(19)11(18)10(17)9-16/h10-21H,2-9H2,1H3/t10-,11+,12-,13-,14+/m0/s1. The molecule has 0 spiro atoms. The van der Waals surface area contributed by atoms with Crippen LogP contribution in [0.25, 0.3) is 0 Å². The Morgan fingerprint density at radius 1 is 0.762 bits per heavy atom. The Kier molecular flexibility index (Phi) is 12.1. The second-order valence-corrected chi connectivity index (χ2v) is 5.39. The van der Waals surface area contributed by atoms with Crippen molar-refractivity contribution >= 4 is 0 Å². The van der Waals surface area contributed by atoms with Crippen LogP contribution in [0.3, 0.4) is 0 Å². The number of aliphatic hydroxyl groups excluding tert-OH is 6. The normalized spacial score (nSPS) is 19.0. The molecule has 0 rings (SSSR count). The van der Waals surface area contributed by atoms with Crippen LogP contribution < -0.4 is 5.32 Å². The molecule has 7 heteroatoms. The van der Waals surface area contributed by atoms with E-state index in [2.05, 4.69) is 12.2 Å². The van der Waals surface area contributed by atoms with Gasteiger partial charge in [0.15, 0.2) is 0 Å². The quantitative estimate of drug-likeness (QED) is 0.166. The molecule has 21 heavy (non-hydrogen) atoms. The Morgan fingerprint density at radius 3 is 1.90 bits per heavy atom. The SMILES string of the molecule is CCCCCCCCN[C@H](O)[C@@H](O)[C@@H](O)[C@H](O)[C@@H](O)CO. The smallest absolute Gasteiger partial charge is 0.133 e. The molecular formula is C14H31NO6. The molecule has 0 aliphatic carbocycles. The van der Waals surface area contributed by atoms with Crippen molar-refractivity contribution in [3.05, 3.63) is 0 Å². The van der Waals surface area contributed by atoms with Gasteiger partial charge in [-0.3, -0.25) is 5.32 Å². The zero-order chi connectivity index (χ0) is 16.3. The molecule has 128 valence electrons. The minimum atomic E-state index is -1.75. The van der Waals surface area contributed by atoms with Crippen LogP contribution >= 0.6 is 0 Å². The van der Waals surface area contributed by atoms with E-state index in [-0.39, 0.29) is 0 Å². The first-order chi connectivity index (χ1) is 9.95. The summed E-state index contributed by atoms with van der Waals surface area (Å²) in [4.78, 5) is 0. The zero-order valence-corrected chi connectivity index (χ0v) is 12.7. The van der Waals surface area contributed by atoms with Crippen LogP contribution in [0.4, 0.5) is 0 Å². The molecule has 0 heterocycles. The lowest BCUT2D eigenvalue weighted by molar-refractivity contribution is -0.145. The molecule has 5 atom stereocenters. The average molecular weight is 309 g/mol. The van der Waals surface area contributed by atoms with Crippen LogP contribution in [0.5, 0.6) is 0 Å². The van der Waals surface area contributed by atoms with Gasteiger partial charge in [0.25, 0.3) is 0 Å². The number of hydrogen-bond donors (Lipinski definition) is 7. The highest BCUT2D eigenvalue weighted by Gasteiger charge is 2.33. The Balaban J connectivity index is 3.85. The number of rotatable bonds is 13. The van der Waals surface area contributed by atoms with Gasteiger partial charge in [0.05, 0.1) is 6.61 Å². The lowest BCUT2D eigenvalue weighted by Crippen LogP contribution is -2.53. The summed E-state index contributed by atoms with van der Waals surface area (Å²) >= 11 is 0. The highest BCUT2D eigenvalue weighted by molar-refractivity contribution is 4.83. The third-order valence-corrected chi connectivity index (χ3v) is 3.49. The first-order valence-electron chi connectivity index (χ1n) is 7.70. The van der Waals surface area contributed by atoms with Gasteiger partial charge in [-0.05, 0) is 13.0 Å². The van der Waals surface area contributed by atoms with E-state index in [1.54, 1.807) is 0 Å². The van der Waals surface area contributed by atoms with Gasteiger partial charge in [-0.15, -0.1) is 0 Å². The fraction of sp³-hybridized carbons (Fsp3) is 1.00. The predicted octanol–water partition coefficient (Wildman–Crippen LogP) is -1.31. The molecule has 0 fully saturated rings. The van der Waals surface area contributed by atoms with Crippen molar-refractivity contribution in [3.8, 4) is 0 Å². The Hall–Kier alpha value is -0.280. The fourth-order valence-corrected chi connectivity index (χ4v) is 2.00. The van der Waals surface area contributed by atoms with Crippen molar-refractivity contribution in [1.82, 2.24) is 5.32 Å². The minimum absolute atomic E-state index is 0.482. The van der Waals surface area contributed by atoms with E-state index in [1.807, 2.05) is 0 Å². The van der Waals surface area contributed by atoms with Gasteiger partial charge in [-0.2, -0.15) is 0 Å². The zero-order valence-electron chi connectivity index (χ0n) is 12.7. The van der Waals surface area contributed by atoms with Crippen molar-refractivity contribution in [2.75, 3.05) is 13.2 Å². The highest BCUT2D eigenvalue weighted by atomic mass is 16.4. The van der Waals surface area contributed by atoms with Gasteiger partial charge in [0.2, 0.25) is 0 Å². The molecule has 0 bridgehead atoms. The van der Waals surface area contributed by atoms with Gasteiger partial charge in [-0.25, -0.2) is 0 Å². The van der Waals surface area contributed by atoms with Gasteiger partial charge in [-0.1, -0.05) is 39.0 Å². The van der Waals surface area contributed by atoms with Crippen LogP contribution in [0.2, 0.25) is 0 Å². The van der Waals surface area contributed by atoms with E-state index < -0.39 is 37.3 Å². The van der Waals surface area contributed by atoms with Gasteiger partial charge >= 0.3 is 0 Å². The summed E-state index contributed by atoms with van der Waals surface area (Å²) in [7, 11) is 0. The Labute approximate surface area is 126 Å². The van der Waals surface area contributed by atoms with Crippen LogP contribution in [-0.2, 0) is 0 Å². The molecule has 0 aromatic heterocycles. The van der Waals surface area contributed by atoms with Crippen molar-refractivity contribution < 1.29 is 30.6 Å². The van der Waals surface area contributed by atoms with Crippen molar-refractivity contribution in [3.63, 3.8) is 0 Å². The summed E-state index contributed by atoms with van der Waals surface area (Å²) < 4.78 is 0. The third-order valence-electron chi connectivity index (χ3n) is 3.49. The van der Waals surface area contributed by atoms with E-state index >= 15 is 0 Å². The molecule has 7 N–H and O–H groups in total. The van der Waals surface area contributed by atoms with Gasteiger partial charge < -0.3 is 30.6 Å². The predicted molar refractivity (Wildman–Crippen MR) is 78.5 cm³/mol. The van der Waals surface area contributed by atoms with E-state index in [0.717, 1.165) is 19.3 Å². The average Bonchev–Trinajstić information content (AvgIpc) is 2.50. The molecule has 0 saturated carbocycles. The van der Waals surface area contributed by atoms with Gasteiger partial charge in [0.1, 0.15) is 30.6 Å². The molecule has 0 amide bonds. The second kappa shape index (κ2) is 12.3. The molecule has 0 aromatic carbocycles. The molecule has 0 aliphatic rings. The molecule has 7 nitrogen and oxygen atoms in total. The maximum atomic E-state index is 9.66.